The van der Waals surface area contributed by atoms with Gasteiger partial charge in [-0.15, -0.1) is 0 Å². The van der Waals surface area contributed by atoms with E-state index in [0.29, 0.717) is 12.8 Å². The van der Waals surface area contributed by atoms with Crippen molar-refractivity contribution in [3.8, 4) is 0 Å². The third-order valence-electron chi connectivity index (χ3n) is 8.28. The van der Waals surface area contributed by atoms with E-state index in [2.05, 4.69) is 19.2 Å². The lowest BCUT2D eigenvalue weighted by Gasteiger charge is -2.18. The zero-order chi connectivity index (χ0) is 30.9. The van der Waals surface area contributed by atoms with E-state index in [1.807, 2.05) is 0 Å². The normalized spacial score (nSPS) is 11.9. The Bertz CT molecular complexity index is 624. The van der Waals surface area contributed by atoms with Crippen LogP contribution in [0.25, 0.3) is 0 Å². The quantitative estimate of drug-likeness (QED) is 0.0581. The zero-order valence-electron chi connectivity index (χ0n) is 27.9. The molecule has 1 amide bonds. The molecule has 2 N–H and O–H groups in total. The molecule has 6 heteroatoms. The van der Waals surface area contributed by atoms with E-state index in [9.17, 15) is 14.4 Å². The molecule has 0 aromatic heterocycles. The van der Waals surface area contributed by atoms with Gasteiger partial charge in [0.15, 0.2) is 0 Å². The van der Waals surface area contributed by atoms with Crippen LogP contribution >= 0.6 is 0 Å². The molecule has 1 atom stereocenters. The van der Waals surface area contributed by atoms with Crippen LogP contribution in [0.1, 0.15) is 200 Å². The number of carbonyl (C=O) groups excluding carboxylic acids is 2. The SMILES string of the molecule is CCCCCCCCCCCCCCC(=O)OC(CCCCCCCCCC)CCCCCCCC(=O)NCC(=O)O. The van der Waals surface area contributed by atoms with E-state index in [-0.39, 0.29) is 24.5 Å². The Morgan fingerprint density at radius 1 is 0.524 bits per heavy atom. The fourth-order valence-electron chi connectivity index (χ4n) is 5.57. The molecule has 0 saturated carbocycles. The summed E-state index contributed by atoms with van der Waals surface area (Å²) < 4.78 is 5.98. The second-order valence-corrected chi connectivity index (χ2v) is 12.5. The minimum atomic E-state index is -1.01. The Balaban J connectivity index is 4.09. The van der Waals surface area contributed by atoms with Crippen LogP contribution in [0.3, 0.4) is 0 Å². The summed E-state index contributed by atoms with van der Waals surface area (Å²) in [4.78, 5) is 34.8. The minimum absolute atomic E-state index is 0.0148. The summed E-state index contributed by atoms with van der Waals surface area (Å²) in [6.07, 6.45) is 33.6. The molecule has 0 aromatic rings. The molecule has 0 radical (unpaired) electrons. The molecule has 0 aliphatic rings. The number of carboxylic acid groups (broad SMARTS) is 1. The third-order valence-corrected chi connectivity index (χ3v) is 8.28. The second-order valence-electron chi connectivity index (χ2n) is 12.5. The number of nitrogens with one attached hydrogen (secondary N) is 1. The van der Waals surface area contributed by atoms with Crippen molar-refractivity contribution >= 4 is 17.8 Å². The average molecular weight is 596 g/mol. The van der Waals surface area contributed by atoms with Gasteiger partial charge in [0, 0.05) is 12.8 Å². The van der Waals surface area contributed by atoms with E-state index in [1.165, 1.54) is 109 Å². The molecule has 42 heavy (non-hydrogen) atoms. The van der Waals surface area contributed by atoms with Gasteiger partial charge < -0.3 is 15.2 Å². The number of hydrogen-bond donors (Lipinski definition) is 2. The number of unbranched alkanes of at least 4 members (excludes halogenated alkanes) is 22. The van der Waals surface area contributed by atoms with Crippen LogP contribution in [0.15, 0.2) is 0 Å². The molecule has 6 nitrogen and oxygen atoms in total. The maximum atomic E-state index is 12.6. The molecule has 248 valence electrons. The molecule has 0 rings (SSSR count). The molecular weight excluding hydrogens is 526 g/mol. The third kappa shape index (κ3) is 31.3. The second kappa shape index (κ2) is 32.3. The van der Waals surface area contributed by atoms with Crippen LogP contribution in [-0.2, 0) is 19.1 Å². The summed E-state index contributed by atoms with van der Waals surface area (Å²) >= 11 is 0. The van der Waals surface area contributed by atoms with Crippen LogP contribution < -0.4 is 5.32 Å². The van der Waals surface area contributed by atoms with Gasteiger partial charge in [0.05, 0.1) is 0 Å². The minimum Gasteiger partial charge on any atom is -0.480 e. The van der Waals surface area contributed by atoms with Crippen molar-refractivity contribution in [2.75, 3.05) is 6.54 Å². The van der Waals surface area contributed by atoms with Crippen LogP contribution in [0, 0.1) is 0 Å². The number of hydrogen-bond acceptors (Lipinski definition) is 4. The molecule has 0 aromatic carbocycles. The smallest absolute Gasteiger partial charge is 0.322 e. The van der Waals surface area contributed by atoms with E-state index < -0.39 is 5.97 Å². The predicted molar refractivity (Wildman–Crippen MR) is 176 cm³/mol. The number of aliphatic carboxylic acids is 1. The van der Waals surface area contributed by atoms with E-state index in [1.54, 1.807) is 0 Å². The van der Waals surface area contributed by atoms with Crippen LogP contribution in [0.4, 0.5) is 0 Å². The number of amides is 1. The fraction of sp³-hybridized carbons (Fsp3) is 0.917. The highest BCUT2D eigenvalue weighted by molar-refractivity contribution is 5.80. The average Bonchev–Trinajstić information content (AvgIpc) is 2.97. The Hall–Kier alpha value is -1.59. The van der Waals surface area contributed by atoms with Gasteiger partial charge in [0.2, 0.25) is 5.91 Å². The molecular formula is C36H69NO5. The van der Waals surface area contributed by atoms with Crippen molar-refractivity contribution in [2.45, 2.75) is 206 Å². The molecule has 0 heterocycles. The first-order valence-corrected chi connectivity index (χ1v) is 18.2. The highest BCUT2D eigenvalue weighted by Crippen LogP contribution is 2.19. The highest BCUT2D eigenvalue weighted by Gasteiger charge is 2.14. The summed E-state index contributed by atoms with van der Waals surface area (Å²) in [5.74, 6) is -1.22. The van der Waals surface area contributed by atoms with E-state index >= 15 is 0 Å². The lowest BCUT2D eigenvalue weighted by Crippen LogP contribution is -2.28. The van der Waals surface area contributed by atoms with Gasteiger partial charge in [-0.3, -0.25) is 14.4 Å². The lowest BCUT2D eigenvalue weighted by molar-refractivity contribution is -0.150. The Morgan fingerprint density at radius 2 is 0.881 bits per heavy atom. The molecule has 0 aliphatic carbocycles. The topological polar surface area (TPSA) is 92.7 Å². The summed E-state index contributed by atoms with van der Waals surface area (Å²) in [6.45, 7) is 4.21. The molecule has 0 fully saturated rings. The van der Waals surface area contributed by atoms with Crippen molar-refractivity contribution < 1.29 is 24.2 Å². The van der Waals surface area contributed by atoms with Crippen LogP contribution in [0.5, 0.6) is 0 Å². The van der Waals surface area contributed by atoms with Crippen molar-refractivity contribution in [1.29, 1.82) is 0 Å². The number of carbonyl (C=O) groups is 3. The zero-order valence-corrected chi connectivity index (χ0v) is 27.9. The summed E-state index contributed by atoms with van der Waals surface area (Å²) in [7, 11) is 0. The molecule has 1 unspecified atom stereocenters. The lowest BCUT2D eigenvalue weighted by atomic mass is 10.0. The van der Waals surface area contributed by atoms with Gasteiger partial charge in [-0.2, -0.15) is 0 Å². The van der Waals surface area contributed by atoms with Crippen LogP contribution in [0.2, 0.25) is 0 Å². The van der Waals surface area contributed by atoms with Gasteiger partial charge in [0.25, 0.3) is 0 Å². The number of esters is 1. The Kier molecular flexibility index (Phi) is 31.1. The number of ether oxygens (including phenoxy) is 1. The van der Waals surface area contributed by atoms with Crippen LogP contribution in [-0.4, -0.2) is 35.6 Å². The highest BCUT2D eigenvalue weighted by atomic mass is 16.5. The standard InChI is InChI=1S/C36H69NO5/c1-3-5-7-9-11-13-14-15-16-18-23-27-31-36(41)42-33(28-24-20-17-12-10-8-6-4-2)29-25-21-19-22-26-30-34(38)37-32-35(39)40/h33H,3-32H2,1-2H3,(H,37,38)(H,39,40). The van der Waals surface area contributed by atoms with Gasteiger partial charge >= 0.3 is 11.9 Å². The van der Waals surface area contributed by atoms with Gasteiger partial charge in [-0.05, 0) is 38.5 Å². The van der Waals surface area contributed by atoms with Crippen molar-refractivity contribution in [3.63, 3.8) is 0 Å². The maximum absolute atomic E-state index is 12.6. The van der Waals surface area contributed by atoms with Gasteiger partial charge in [-0.25, -0.2) is 0 Å². The Morgan fingerprint density at radius 3 is 1.29 bits per heavy atom. The largest absolute Gasteiger partial charge is 0.480 e. The van der Waals surface area contributed by atoms with Crippen molar-refractivity contribution in [1.82, 2.24) is 5.32 Å². The van der Waals surface area contributed by atoms with Gasteiger partial charge in [0.1, 0.15) is 12.6 Å². The predicted octanol–water partition coefficient (Wildman–Crippen LogP) is 10.5. The first-order chi connectivity index (χ1) is 20.5. The fourth-order valence-corrected chi connectivity index (χ4v) is 5.57. The maximum Gasteiger partial charge on any atom is 0.322 e. The van der Waals surface area contributed by atoms with Gasteiger partial charge in [-0.1, -0.05) is 149 Å². The summed E-state index contributed by atoms with van der Waals surface area (Å²) in [5.41, 5.74) is 0. The van der Waals surface area contributed by atoms with E-state index in [0.717, 1.165) is 64.2 Å². The number of rotatable bonds is 33. The number of carboxylic acids is 1. The van der Waals surface area contributed by atoms with Crippen molar-refractivity contribution in [3.05, 3.63) is 0 Å². The monoisotopic (exact) mass is 596 g/mol. The molecule has 0 spiro atoms. The first-order valence-electron chi connectivity index (χ1n) is 18.2. The summed E-state index contributed by atoms with van der Waals surface area (Å²) in [5, 5.41) is 11.0. The molecule has 0 saturated heterocycles. The van der Waals surface area contributed by atoms with Crippen molar-refractivity contribution in [2.24, 2.45) is 0 Å². The summed E-state index contributed by atoms with van der Waals surface area (Å²) in [6, 6.07) is 0. The Labute approximate surface area is 259 Å². The molecule has 0 bridgehead atoms. The first kappa shape index (κ1) is 40.4. The van der Waals surface area contributed by atoms with E-state index in [4.69, 9.17) is 9.84 Å². The molecule has 0 aliphatic heterocycles.